The van der Waals surface area contributed by atoms with Crippen LogP contribution >= 0.6 is 0 Å². The van der Waals surface area contributed by atoms with Crippen LogP contribution in [0.25, 0.3) is 0 Å². The number of nitrogens with one attached hydrogen (secondary N) is 3. The van der Waals surface area contributed by atoms with Gasteiger partial charge in [0, 0.05) is 11.3 Å². The molecule has 0 aromatic carbocycles. The Kier molecular flexibility index (Phi) is 18.3. The van der Waals surface area contributed by atoms with E-state index in [0.29, 0.717) is 38.5 Å². The highest BCUT2D eigenvalue weighted by molar-refractivity contribution is 5.96. The third-order valence-electron chi connectivity index (χ3n) is 20.2. The highest BCUT2D eigenvalue weighted by Crippen LogP contribution is 2.75. The van der Waals surface area contributed by atoms with E-state index in [1.165, 1.54) is 7.11 Å². The predicted molar refractivity (Wildman–Crippen MR) is 270 cm³/mol. The Morgan fingerprint density at radius 3 is 1.66 bits per heavy atom. The number of hydrogen-bond donors (Lipinski definition) is 11. The van der Waals surface area contributed by atoms with Crippen molar-refractivity contribution >= 4 is 41.4 Å². The van der Waals surface area contributed by atoms with Crippen LogP contribution in [0.2, 0.25) is 0 Å². The lowest BCUT2D eigenvalue weighted by Crippen LogP contribution is -2.69. The maximum Gasteiger partial charge on any atom is 0.330 e. The average molecular weight is 1130 g/mol. The number of methoxy groups -OCH3 is 3. The van der Waals surface area contributed by atoms with Gasteiger partial charge in [0.25, 0.3) is 11.8 Å². The third-order valence-corrected chi connectivity index (χ3v) is 20.2. The van der Waals surface area contributed by atoms with Crippen molar-refractivity contribution in [2.75, 3.05) is 41.2 Å². The minimum atomic E-state index is -2.18. The minimum absolute atomic E-state index is 0.0185. The summed E-state index contributed by atoms with van der Waals surface area (Å²) in [5.41, 5.74) is -2.61. The van der Waals surface area contributed by atoms with E-state index >= 15 is 4.79 Å². The zero-order valence-corrected chi connectivity index (χ0v) is 46.7. The number of esters is 3. The van der Waals surface area contributed by atoms with E-state index in [-0.39, 0.29) is 35.4 Å². The van der Waals surface area contributed by atoms with Gasteiger partial charge in [-0.05, 0) is 103 Å². The second-order valence-electron chi connectivity index (χ2n) is 24.9. The highest BCUT2D eigenvalue weighted by Gasteiger charge is 2.71. The molecule has 2 heterocycles. The highest BCUT2D eigenvalue weighted by atomic mass is 16.8. The molecule has 7 rings (SSSR count). The van der Waals surface area contributed by atoms with E-state index in [9.17, 15) is 69.6 Å². The van der Waals surface area contributed by atoms with E-state index < -0.39 is 168 Å². The molecule has 0 aromatic rings. The first-order valence-electron chi connectivity index (χ1n) is 27.2. The largest absolute Gasteiger partial charge is 0.467 e. The molecule has 14 unspecified atom stereocenters. The number of carbonyl (C=O) groups excluding carboxylic acids is 7. The Hall–Kier alpha value is -4.25. The number of carbonyl (C=O) groups is 7. The molecular weight excluding hydrogens is 1040 g/mol. The van der Waals surface area contributed by atoms with Crippen LogP contribution in [0, 0.1) is 50.2 Å². The number of fused-ring (bicyclic) bond motifs is 7. The van der Waals surface area contributed by atoms with Crippen LogP contribution in [-0.2, 0) is 66.7 Å². The molecule has 0 radical (unpaired) electrons. The summed E-state index contributed by atoms with van der Waals surface area (Å²) in [7, 11) is 3.20. The van der Waals surface area contributed by atoms with Crippen LogP contribution in [-0.4, -0.2) is 209 Å². The molecule has 25 nitrogen and oxygen atoms in total. The molecule has 2 saturated heterocycles. The third kappa shape index (κ3) is 10.8. The van der Waals surface area contributed by atoms with Gasteiger partial charge in [0.1, 0.15) is 36.6 Å². The first-order valence-corrected chi connectivity index (χ1v) is 27.2. The molecule has 0 spiro atoms. The zero-order valence-electron chi connectivity index (χ0n) is 46.7. The van der Waals surface area contributed by atoms with E-state index in [2.05, 4.69) is 53.1 Å². The summed E-state index contributed by atoms with van der Waals surface area (Å²) in [4.78, 5) is 93.5. The van der Waals surface area contributed by atoms with Gasteiger partial charge in [0.15, 0.2) is 48.7 Å². The van der Waals surface area contributed by atoms with Gasteiger partial charge in [0.2, 0.25) is 5.91 Å². The van der Waals surface area contributed by atoms with Crippen molar-refractivity contribution in [3.8, 4) is 0 Å². The number of rotatable bonds is 16. The first kappa shape index (κ1) is 62.4. The van der Waals surface area contributed by atoms with Gasteiger partial charge in [-0.1, -0.05) is 54.0 Å². The number of hydrogen-bond acceptors (Lipinski definition) is 22. The number of ether oxygens (including phenoxy) is 7. The number of ketones is 1. The lowest BCUT2D eigenvalue weighted by Gasteiger charge is -2.70. The Bertz CT molecular complexity index is 2370. The molecule has 6 fully saturated rings. The standard InChI is InChI=1S/C54H83N3O22/c1-49(2)30-11-14-54(7)40(29(61)19-24-25-20-51(4,48(72)57-28(23-60)45(71)75-10)16-15-50(25,3)17-18-53(24,54)6)52(30,5)13-12-31(49)76-47-39(35(65)34(64)38(78-47)42(68)56-27(22-59)44(70)74-9)79-46-36(66)32(62)33(63)37(77-46)41(67)55-26(21-58)43(69)73-8/h19,25-28,30-40,46-47,58-60,62-66H,11-18,20-23H2,1-10H3,(H,55,67)(H,56,68)(H,57,72)/t25?,26-,27-,28-,30?,31?,32?,33?,34?,35?,36?,37?,38?,39?,40?,46?,47?,50-,51+,52+,53-,54-/m1/s1. The van der Waals surface area contributed by atoms with Crippen molar-refractivity contribution < 1.29 is 108 Å². The van der Waals surface area contributed by atoms with E-state index in [0.717, 1.165) is 32.6 Å². The summed E-state index contributed by atoms with van der Waals surface area (Å²) in [5.74, 6) is -6.54. The quantitative estimate of drug-likeness (QED) is 0.0450. The lowest BCUT2D eigenvalue weighted by molar-refractivity contribution is -0.369. The molecule has 22 atom stereocenters. The summed E-state index contributed by atoms with van der Waals surface area (Å²) in [6.45, 7) is 12.2. The Morgan fingerprint density at radius 1 is 0.620 bits per heavy atom. The Morgan fingerprint density at radius 2 is 1.13 bits per heavy atom. The van der Waals surface area contributed by atoms with Gasteiger partial charge < -0.3 is 90.0 Å². The zero-order chi connectivity index (χ0) is 58.7. The van der Waals surface area contributed by atoms with Crippen LogP contribution in [0.3, 0.4) is 0 Å². The molecule has 25 heteroatoms. The molecule has 0 bridgehead atoms. The van der Waals surface area contributed by atoms with Gasteiger partial charge in [-0.15, -0.1) is 0 Å². The van der Waals surface area contributed by atoms with E-state index in [4.69, 9.17) is 23.7 Å². The normalized spacial score (nSPS) is 42.6. The van der Waals surface area contributed by atoms with Crippen molar-refractivity contribution in [1.82, 2.24) is 16.0 Å². The van der Waals surface area contributed by atoms with E-state index in [1.807, 2.05) is 26.8 Å². The SMILES string of the molecule is COC(=O)[C@@H](CO)NC(=O)C1OC(OC2C(OC3CC[C@@]4(C)C(CC[C@]5(C)C4C(=O)C=C4C6C[C@@](C)(C(=O)N[C@H](CO)C(=O)OC)CC[C@]6(C)CC[C@]45C)C3(C)C)OC(C(=O)N[C@H](CO)C(=O)OC)C(O)C2O)C(O)C(O)C1O. The fourth-order valence-corrected chi connectivity index (χ4v) is 15.2. The molecule has 79 heavy (non-hydrogen) atoms. The van der Waals surface area contributed by atoms with Crippen LogP contribution in [0.5, 0.6) is 0 Å². The molecular formula is C54H83N3O22. The summed E-state index contributed by atoms with van der Waals surface area (Å²) in [6.07, 6.45) is -14.5. The van der Waals surface area contributed by atoms with Crippen molar-refractivity contribution in [3.63, 3.8) is 0 Å². The van der Waals surface area contributed by atoms with Crippen molar-refractivity contribution in [2.24, 2.45) is 50.2 Å². The molecule has 4 saturated carbocycles. The minimum Gasteiger partial charge on any atom is -0.467 e. The maximum absolute atomic E-state index is 15.3. The molecule has 11 N–H and O–H groups in total. The molecule has 446 valence electrons. The Labute approximate surface area is 458 Å². The van der Waals surface area contributed by atoms with Gasteiger partial charge >= 0.3 is 17.9 Å². The second kappa shape index (κ2) is 23.2. The van der Waals surface area contributed by atoms with Gasteiger partial charge in [-0.3, -0.25) is 19.2 Å². The van der Waals surface area contributed by atoms with E-state index in [1.54, 1.807) is 0 Å². The first-order chi connectivity index (χ1) is 36.9. The number of aliphatic hydroxyl groups excluding tert-OH is 8. The lowest BCUT2D eigenvalue weighted by atomic mass is 9.33. The monoisotopic (exact) mass is 1130 g/mol. The maximum atomic E-state index is 15.3. The van der Waals surface area contributed by atoms with Gasteiger partial charge in [0.05, 0.1) is 47.3 Å². The molecule has 5 aliphatic carbocycles. The van der Waals surface area contributed by atoms with Crippen LogP contribution in [0.1, 0.15) is 106 Å². The summed E-state index contributed by atoms with van der Waals surface area (Å²) in [6, 6.07) is -4.49. The van der Waals surface area contributed by atoms with Crippen molar-refractivity contribution in [2.45, 2.75) is 192 Å². The molecule has 0 aromatic heterocycles. The number of allylic oxidation sites excluding steroid dienone is 2. The smallest absolute Gasteiger partial charge is 0.330 e. The predicted octanol–water partition coefficient (Wildman–Crippen LogP) is -2.06. The van der Waals surface area contributed by atoms with Crippen LogP contribution < -0.4 is 16.0 Å². The fourth-order valence-electron chi connectivity index (χ4n) is 15.2. The summed E-state index contributed by atoms with van der Waals surface area (Å²) in [5, 5.41) is 93.1. The van der Waals surface area contributed by atoms with Crippen molar-refractivity contribution in [1.29, 1.82) is 0 Å². The van der Waals surface area contributed by atoms with Crippen LogP contribution in [0.4, 0.5) is 0 Å². The van der Waals surface area contributed by atoms with Gasteiger partial charge in [-0.2, -0.15) is 0 Å². The van der Waals surface area contributed by atoms with Crippen LogP contribution in [0.15, 0.2) is 11.6 Å². The molecule has 7 aliphatic rings. The molecule has 2 aliphatic heterocycles. The molecule has 3 amide bonds. The Balaban J connectivity index is 1.18. The fraction of sp³-hybridized carbons (Fsp3) is 0.833. The number of aliphatic hydroxyl groups is 8. The second-order valence-corrected chi connectivity index (χ2v) is 24.9. The summed E-state index contributed by atoms with van der Waals surface area (Å²) >= 11 is 0. The number of amides is 3. The topological polar surface area (TPSA) is 382 Å². The van der Waals surface area contributed by atoms with Gasteiger partial charge in [-0.25, -0.2) is 14.4 Å². The average Bonchev–Trinajstić information content (AvgIpc) is 1.97. The summed E-state index contributed by atoms with van der Waals surface area (Å²) < 4.78 is 38.7. The van der Waals surface area contributed by atoms with Crippen molar-refractivity contribution in [3.05, 3.63) is 11.6 Å².